The van der Waals surface area contributed by atoms with Gasteiger partial charge in [0, 0.05) is 11.3 Å². The zero-order valence-corrected chi connectivity index (χ0v) is 13.8. The van der Waals surface area contributed by atoms with Gasteiger partial charge in [-0.25, -0.2) is 0 Å². The number of rotatable bonds is 4. The van der Waals surface area contributed by atoms with E-state index in [-0.39, 0.29) is 17.7 Å². The summed E-state index contributed by atoms with van der Waals surface area (Å²) in [7, 11) is 0. The van der Waals surface area contributed by atoms with Crippen molar-refractivity contribution in [2.45, 2.75) is 13.3 Å². The van der Waals surface area contributed by atoms with Crippen LogP contribution < -0.4 is 5.32 Å². The number of carboxylic acid groups (broad SMARTS) is 1. The van der Waals surface area contributed by atoms with E-state index in [0.29, 0.717) is 5.69 Å². The van der Waals surface area contributed by atoms with Crippen LogP contribution in [0.4, 0.5) is 5.69 Å². The summed E-state index contributed by atoms with van der Waals surface area (Å²) in [5.74, 6) is -0.721. The average molecular weight is 337 g/mol. The minimum absolute atomic E-state index is 0.0157. The summed E-state index contributed by atoms with van der Waals surface area (Å²) >= 11 is 0. The number of benzene rings is 1. The quantitative estimate of drug-likeness (QED) is 0.834. The second kappa shape index (κ2) is 5.92. The Balaban J connectivity index is 1.55. The number of furan rings is 1. The fraction of sp³-hybridized carbons (Fsp3) is 0.300. The van der Waals surface area contributed by atoms with Crippen LogP contribution in [0.5, 0.6) is 0 Å². The molecule has 2 aromatic rings. The Morgan fingerprint density at radius 3 is 2.56 bits per heavy atom. The molecule has 5 nitrogen and oxygen atoms in total. The monoisotopic (exact) mass is 337 g/mol. The summed E-state index contributed by atoms with van der Waals surface area (Å²) in [6.45, 7) is 1.88. The Kier molecular flexibility index (Phi) is 3.71. The molecule has 1 saturated carbocycles. The Labute approximate surface area is 145 Å². The number of amides is 1. The van der Waals surface area contributed by atoms with Crippen molar-refractivity contribution in [3.63, 3.8) is 0 Å². The van der Waals surface area contributed by atoms with Crippen LogP contribution in [0.15, 0.2) is 53.0 Å². The molecule has 0 radical (unpaired) electrons. The largest absolute Gasteiger partial charge is 0.481 e. The third kappa shape index (κ3) is 2.76. The molecule has 2 N–H and O–H groups in total. The molecule has 1 heterocycles. The first-order valence-corrected chi connectivity index (χ1v) is 8.42. The Bertz CT molecular complexity index is 866. The molecule has 1 aromatic carbocycles. The van der Waals surface area contributed by atoms with E-state index in [1.54, 1.807) is 6.07 Å². The van der Waals surface area contributed by atoms with Gasteiger partial charge in [0.1, 0.15) is 11.5 Å². The fourth-order valence-electron chi connectivity index (χ4n) is 4.08. The van der Waals surface area contributed by atoms with Crippen molar-refractivity contribution in [2.24, 2.45) is 23.7 Å². The van der Waals surface area contributed by atoms with Crippen LogP contribution in [0.1, 0.15) is 12.2 Å². The number of carboxylic acids is 1. The van der Waals surface area contributed by atoms with Crippen molar-refractivity contribution in [1.82, 2.24) is 0 Å². The molecular formula is C20H19NO4. The molecule has 0 saturated heterocycles. The maximum Gasteiger partial charge on any atom is 0.307 e. The zero-order chi connectivity index (χ0) is 17.6. The molecule has 1 amide bonds. The topological polar surface area (TPSA) is 79.5 Å². The Morgan fingerprint density at radius 1 is 1.12 bits per heavy atom. The second-order valence-corrected chi connectivity index (χ2v) is 6.82. The van der Waals surface area contributed by atoms with Crippen LogP contribution in [-0.2, 0) is 9.59 Å². The molecule has 0 spiro atoms. The average Bonchev–Trinajstić information content (AvgIpc) is 3.30. The molecule has 4 atom stereocenters. The van der Waals surface area contributed by atoms with Crippen molar-refractivity contribution in [3.05, 3.63) is 54.3 Å². The molecule has 2 aliphatic rings. The van der Waals surface area contributed by atoms with Crippen LogP contribution in [0.2, 0.25) is 0 Å². The normalized spacial score (nSPS) is 26.8. The molecular weight excluding hydrogens is 318 g/mol. The Hall–Kier alpha value is -2.82. The molecule has 1 aromatic heterocycles. The fourth-order valence-corrected chi connectivity index (χ4v) is 4.08. The van der Waals surface area contributed by atoms with Crippen LogP contribution in [-0.4, -0.2) is 17.0 Å². The van der Waals surface area contributed by atoms with E-state index < -0.39 is 17.8 Å². The molecule has 5 heteroatoms. The highest BCUT2D eigenvalue weighted by Gasteiger charge is 2.51. The van der Waals surface area contributed by atoms with E-state index in [4.69, 9.17) is 4.42 Å². The number of hydrogen-bond acceptors (Lipinski definition) is 3. The van der Waals surface area contributed by atoms with Crippen molar-refractivity contribution in [3.8, 4) is 11.3 Å². The van der Waals surface area contributed by atoms with Crippen molar-refractivity contribution in [1.29, 1.82) is 0 Å². The van der Waals surface area contributed by atoms with Crippen LogP contribution >= 0.6 is 0 Å². The lowest BCUT2D eigenvalue weighted by Gasteiger charge is -2.23. The first kappa shape index (κ1) is 15.7. The highest BCUT2D eigenvalue weighted by atomic mass is 16.4. The third-order valence-electron chi connectivity index (χ3n) is 5.20. The summed E-state index contributed by atoms with van der Waals surface area (Å²) in [5.41, 5.74) is 1.51. The maximum absolute atomic E-state index is 12.7. The highest BCUT2D eigenvalue weighted by Crippen LogP contribution is 2.48. The van der Waals surface area contributed by atoms with Gasteiger partial charge in [-0.1, -0.05) is 24.3 Å². The van der Waals surface area contributed by atoms with E-state index in [9.17, 15) is 14.7 Å². The van der Waals surface area contributed by atoms with Gasteiger partial charge in [-0.2, -0.15) is 0 Å². The van der Waals surface area contributed by atoms with Gasteiger partial charge in [0.15, 0.2) is 0 Å². The SMILES string of the molecule is Cc1ccc(-c2cccc(NC(=O)[C@@H]3[C@@H](C(=O)O)[C@@H]4C=C[C@H]3C4)c2)o1. The summed E-state index contributed by atoms with van der Waals surface area (Å²) in [6, 6.07) is 11.2. The molecule has 128 valence electrons. The van der Waals surface area contributed by atoms with Crippen molar-refractivity contribution >= 4 is 17.6 Å². The van der Waals surface area contributed by atoms with Gasteiger partial charge in [-0.3, -0.25) is 9.59 Å². The Morgan fingerprint density at radius 2 is 1.88 bits per heavy atom. The van der Waals surface area contributed by atoms with E-state index in [1.165, 1.54) is 0 Å². The first-order chi connectivity index (χ1) is 12.0. The lowest BCUT2D eigenvalue weighted by atomic mass is 9.82. The minimum Gasteiger partial charge on any atom is -0.481 e. The van der Waals surface area contributed by atoms with Crippen LogP contribution in [0.25, 0.3) is 11.3 Å². The number of nitrogens with one attached hydrogen (secondary N) is 1. The number of hydrogen-bond donors (Lipinski definition) is 2. The van der Waals surface area contributed by atoms with E-state index >= 15 is 0 Å². The predicted octanol–water partition coefficient (Wildman–Crippen LogP) is 3.72. The van der Waals surface area contributed by atoms with Crippen LogP contribution in [0.3, 0.4) is 0 Å². The molecule has 4 rings (SSSR count). The molecule has 2 aliphatic carbocycles. The number of carbonyl (C=O) groups is 2. The lowest BCUT2D eigenvalue weighted by molar-refractivity contribution is -0.146. The molecule has 2 bridgehead atoms. The predicted molar refractivity (Wildman–Crippen MR) is 92.9 cm³/mol. The van der Waals surface area contributed by atoms with E-state index in [1.807, 2.05) is 49.4 Å². The number of anilines is 1. The number of fused-ring (bicyclic) bond motifs is 2. The van der Waals surface area contributed by atoms with Gasteiger partial charge in [-0.05, 0) is 49.4 Å². The summed E-state index contributed by atoms with van der Waals surface area (Å²) in [4.78, 5) is 24.3. The summed E-state index contributed by atoms with van der Waals surface area (Å²) < 4.78 is 5.62. The summed E-state index contributed by atoms with van der Waals surface area (Å²) in [6.07, 6.45) is 4.67. The van der Waals surface area contributed by atoms with E-state index in [2.05, 4.69) is 5.32 Å². The number of allylic oxidation sites excluding steroid dienone is 2. The van der Waals surface area contributed by atoms with Gasteiger partial charge in [0.05, 0.1) is 11.8 Å². The summed E-state index contributed by atoms with van der Waals surface area (Å²) in [5, 5.41) is 12.4. The van der Waals surface area contributed by atoms with Gasteiger partial charge < -0.3 is 14.8 Å². The molecule has 0 aliphatic heterocycles. The number of carbonyl (C=O) groups excluding carboxylic acids is 1. The van der Waals surface area contributed by atoms with Crippen molar-refractivity contribution < 1.29 is 19.1 Å². The standard InChI is InChI=1S/C20H19NO4/c1-11-5-8-16(25-11)12-3-2-4-15(10-12)21-19(22)17-13-6-7-14(9-13)18(17)20(23)24/h2-8,10,13-14,17-18H,9H2,1H3,(H,21,22)(H,23,24)/t13-,14+,17-,18-/m0/s1. The van der Waals surface area contributed by atoms with Crippen LogP contribution in [0, 0.1) is 30.6 Å². The highest BCUT2D eigenvalue weighted by molar-refractivity contribution is 5.96. The minimum atomic E-state index is -0.892. The molecule has 25 heavy (non-hydrogen) atoms. The molecule has 0 unspecified atom stereocenters. The van der Waals surface area contributed by atoms with Gasteiger partial charge in [0.2, 0.25) is 5.91 Å². The van der Waals surface area contributed by atoms with Gasteiger partial charge >= 0.3 is 5.97 Å². The zero-order valence-electron chi connectivity index (χ0n) is 13.8. The maximum atomic E-state index is 12.7. The van der Waals surface area contributed by atoms with Gasteiger partial charge in [0.25, 0.3) is 0 Å². The number of aryl methyl sites for hydroxylation is 1. The number of aliphatic carboxylic acids is 1. The van der Waals surface area contributed by atoms with E-state index in [0.717, 1.165) is 23.5 Å². The third-order valence-corrected chi connectivity index (χ3v) is 5.20. The van der Waals surface area contributed by atoms with Crippen molar-refractivity contribution in [2.75, 3.05) is 5.32 Å². The van der Waals surface area contributed by atoms with Gasteiger partial charge in [-0.15, -0.1) is 0 Å². The first-order valence-electron chi connectivity index (χ1n) is 8.42. The lowest BCUT2D eigenvalue weighted by Crippen LogP contribution is -2.36. The smallest absolute Gasteiger partial charge is 0.307 e. The molecule has 1 fully saturated rings. The second-order valence-electron chi connectivity index (χ2n) is 6.82.